The molecule has 0 radical (unpaired) electrons. The average Bonchev–Trinajstić information content (AvgIpc) is 3.11. The van der Waals surface area contributed by atoms with Gasteiger partial charge < -0.3 is 9.47 Å². The molecule has 0 bridgehead atoms. The molecule has 0 N–H and O–H groups in total. The predicted octanol–water partition coefficient (Wildman–Crippen LogP) is 3.67. The van der Waals surface area contributed by atoms with Crippen molar-refractivity contribution in [2.75, 3.05) is 20.0 Å². The van der Waals surface area contributed by atoms with Crippen LogP contribution in [0.3, 0.4) is 0 Å². The smallest absolute Gasteiger partial charge is 0.369 e. The van der Waals surface area contributed by atoms with Crippen molar-refractivity contribution in [2.24, 2.45) is 0 Å². The van der Waals surface area contributed by atoms with Crippen molar-refractivity contribution in [3.63, 3.8) is 0 Å². The first-order chi connectivity index (χ1) is 11.6. The molecule has 0 atom stereocenters. The number of aryl methyl sites for hydroxylation is 1. The third kappa shape index (κ3) is 2.87. The molecule has 0 aliphatic rings. The van der Waals surface area contributed by atoms with Gasteiger partial charge in [-0.3, -0.25) is 0 Å². The molecule has 0 spiro atoms. The molecule has 3 rings (SSSR count). The summed E-state index contributed by atoms with van der Waals surface area (Å²) in [6.45, 7) is 4.03. The van der Waals surface area contributed by atoms with Crippen LogP contribution < -0.4 is 4.74 Å². The van der Waals surface area contributed by atoms with Gasteiger partial charge in [-0.25, -0.2) is 14.3 Å². The molecule has 0 amide bonds. The first-order valence-corrected chi connectivity index (χ1v) is 9.38. The van der Waals surface area contributed by atoms with Crippen molar-refractivity contribution < 1.29 is 14.3 Å². The van der Waals surface area contributed by atoms with Crippen LogP contribution in [0.2, 0.25) is 0 Å². The second kappa shape index (κ2) is 6.82. The summed E-state index contributed by atoms with van der Waals surface area (Å²) in [5.41, 5.74) is 2.71. The van der Waals surface area contributed by atoms with E-state index in [1.54, 1.807) is 30.3 Å². The minimum Gasteiger partial charge on any atom is -0.496 e. The number of carbonyl (C=O) groups is 1. The minimum atomic E-state index is -0.420. The Bertz CT molecular complexity index is 901. The quantitative estimate of drug-likeness (QED) is 0.509. The minimum absolute atomic E-state index is 0.305. The van der Waals surface area contributed by atoms with Crippen LogP contribution in [0.4, 0.5) is 0 Å². The number of ether oxygens (including phenoxy) is 2. The molecule has 3 aromatic rings. The second-order valence-electron chi connectivity index (χ2n) is 4.94. The zero-order valence-electron chi connectivity index (χ0n) is 13.8. The monoisotopic (exact) mass is 363 g/mol. The maximum Gasteiger partial charge on any atom is 0.369 e. The van der Waals surface area contributed by atoms with Crippen molar-refractivity contribution >= 4 is 34.0 Å². The Labute approximate surface area is 147 Å². The van der Waals surface area contributed by atoms with Crippen LogP contribution in [-0.2, 0) is 4.74 Å². The van der Waals surface area contributed by atoms with E-state index in [4.69, 9.17) is 9.47 Å². The number of hydrogen-bond donors (Lipinski definition) is 0. The third-order valence-electron chi connectivity index (χ3n) is 3.48. The molecule has 0 saturated carbocycles. The van der Waals surface area contributed by atoms with E-state index >= 15 is 0 Å². The van der Waals surface area contributed by atoms with E-state index in [1.807, 2.05) is 31.4 Å². The van der Waals surface area contributed by atoms with Crippen LogP contribution in [0.5, 0.6) is 5.75 Å². The van der Waals surface area contributed by atoms with Gasteiger partial charge in [-0.1, -0.05) is 11.3 Å². The highest BCUT2D eigenvalue weighted by Gasteiger charge is 2.20. The predicted molar refractivity (Wildman–Crippen MR) is 95.3 cm³/mol. The van der Waals surface area contributed by atoms with Gasteiger partial charge in [0.05, 0.1) is 25.1 Å². The Balaban J connectivity index is 2.11. The lowest BCUT2D eigenvalue weighted by molar-refractivity contribution is 0.0524. The first kappa shape index (κ1) is 16.8. The summed E-state index contributed by atoms with van der Waals surface area (Å²) in [5.74, 6) is 0.409. The van der Waals surface area contributed by atoms with E-state index in [-0.39, 0.29) is 0 Å². The molecular formula is C16H17N3O3S2. The fraction of sp³-hybridized carbons (Fsp3) is 0.312. The number of thioether (sulfide) groups is 1. The lowest BCUT2D eigenvalue weighted by atomic mass is 10.1. The highest BCUT2D eigenvalue weighted by atomic mass is 32.2. The number of methoxy groups -OCH3 is 1. The van der Waals surface area contributed by atoms with E-state index in [9.17, 15) is 4.79 Å². The van der Waals surface area contributed by atoms with Crippen molar-refractivity contribution in [3.8, 4) is 17.0 Å². The maximum absolute atomic E-state index is 11.9. The summed E-state index contributed by atoms with van der Waals surface area (Å²) < 4.78 is 12.1. The molecule has 2 heterocycles. The summed E-state index contributed by atoms with van der Waals surface area (Å²) in [4.78, 5) is 18.1. The average molecular weight is 363 g/mol. The van der Waals surface area contributed by atoms with Gasteiger partial charge in [-0.15, -0.1) is 16.9 Å². The van der Waals surface area contributed by atoms with Gasteiger partial charge in [0, 0.05) is 10.5 Å². The standard InChI is InChI=1S/C16H17N3O3S2/c1-5-22-15(20)14-18-19-13(9(2)17-16(19)24-14)10-6-7-11(21-3)12(8-10)23-4/h6-8H,5H2,1-4H3. The molecule has 1 aromatic carbocycles. The fourth-order valence-electron chi connectivity index (χ4n) is 2.44. The van der Waals surface area contributed by atoms with Crippen LogP contribution in [0.25, 0.3) is 16.2 Å². The zero-order chi connectivity index (χ0) is 17.3. The zero-order valence-corrected chi connectivity index (χ0v) is 15.5. The Hall–Kier alpha value is -2.06. The topological polar surface area (TPSA) is 65.7 Å². The molecule has 0 unspecified atom stereocenters. The number of benzene rings is 1. The lowest BCUT2D eigenvalue weighted by Gasteiger charge is -2.08. The molecule has 8 heteroatoms. The number of rotatable bonds is 5. The van der Waals surface area contributed by atoms with Crippen LogP contribution in [0, 0.1) is 6.92 Å². The number of fused-ring (bicyclic) bond motifs is 1. The number of carbonyl (C=O) groups excluding carboxylic acids is 1. The Morgan fingerprint density at radius 1 is 1.42 bits per heavy atom. The summed E-state index contributed by atoms with van der Waals surface area (Å²) in [5, 5.41) is 4.69. The molecule has 2 aromatic heterocycles. The second-order valence-corrected chi connectivity index (χ2v) is 6.74. The van der Waals surface area contributed by atoms with Gasteiger partial charge in [-0.05, 0) is 38.3 Å². The van der Waals surface area contributed by atoms with Crippen molar-refractivity contribution in [2.45, 2.75) is 18.7 Å². The molecule has 0 aliphatic carbocycles. The highest BCUT2D eigenvalue weighted by Crippen LogP contribution is 2.34. The highest BCUT2D eigenvalue weighted by molar-refractivity contribution is 7.98. The Morgan fingerprint density at radius 2 is 2.21 bits per heavy atom. The molecule has 126 valence electrons. The van der Waals surface area contributed by atoms with Gasteiger partial charge >= 0.3 is 5.97 Å². The number of imidazole rings is 1. The Morgan fingerprint density at radius 3 is 2.88 bits per heavy atom. The van der Waals surface area contributed by atoms with Crippen molar-refractivity contribution in [1.82, 2.24) is 14.6 Å². The number of esters is 1. The van der Waals surface area contributed by atoms with E-state index in [1.165, 1.54) is 11.3 Å². The van der Waals surface area contributed by atoms with Gasteiger partial charge in [-0.2, -0.15) is 0 Å². The first-order valence-electron chi connectivity index (χ1n) is 7.34. The van der Waals surface area contributed by atoms with Gasteiger partial charge in [0.1, 0.15) is 5.75 Å². The third-order valence-corrected chi connectivity index (χ3v) is 5.13. The largest absolute Gasteiger partial charge is 0.496 e. The van der Waals surface area contributed by atoms with Crippen molar-refractivity contribution in [1.29, 1.82) is 0 Å². The SMILES string of the molecule is CCOC(=O)c1nn2c(-c3ccc(OC)c(SC)c3)c(C)nc2s1. The van der Waals surface area contributed by atoms with Gasteiger partial charge in [0.2, 0.25) is 9.97 Å². The van der Waals surface area contributed by atoms with Gasteiger partial charge in [0.15, 0.2) is 0 Å². The summed E-state index contributed by atoms with van der Waals surface area (Å²) in [6.07, 6.45) is 2.00. The molecule has 6 nitrogen and oxygen atoms in total. The maximum atomic E-state index is 11.9. The van der Waals surface area contributed by atoms with Crippen LogP contribution >= 0.6 is 23.1 Å². The number of aromatic nitrogens is 3. The van der Waals surface area contributed by atoms with E-state index < -0.39 is 5.97 Å². The molecule has 24 heavy (non-hydrogen) atoms. The number of hydrogen-bond acceptors (Lipinski definition) is 7. The van der Waals surface area contributed by atoms with E-state index in [2.05, 4.69) is 10.1 Å². The van der Waals surface area contributed by atoms with Crippen molar-refractivity contribution in [3.05, 3.63) is 28.9 Å². The summed E-state index contributed by atoms with van der Waals surface area (Å²) in [6, 6.07) is 5.94. The molecule has 0 aliphatic heterocycles. The van der Waals surface area contributed by atoms with Crippen LogP contribution in [0.15, 0.2) is 23.1 Å². The molecular weight excluding hydrogens is 346 g/mol. The van der Waals surface area contributed by atoms with Crippen LogP contribution in [0.1, 0.15) is 22.4 Å². The molecule has 0 saturated heterocycles. The lowest BCUT2D eigenvalue weighted by Crippen LogP contribution is -2.05. The number of nitrogens with zero attached hydrogens (tertiary/aromatic N) is 3. The van der Waals surface area contributed by atoms with E-state index in [0.29, 0.717) is 16.6 Å². The summed E-state index contributed by atoms with van der Waals surface area (Å²) in [7, 11) is 1.66. The van der Waals surface area contributed by atoms with Crippen LogP contribution in [-0.4, -0.2) is 40.5 Å². The fourth-order valence-corrected chi connectivity index (χ4v) is 3.88. The van der Waals surface area contributed by atoms with E-state index in [0.717, 1.165) is 27.6 Å². The Kier molecular flexibility index (Phi) is 4.77. The normalized spacial score (nSPS) is 11.0. The summed E-state index contributed by atoms with van der Waals surface area (Å²) >= 11 is 2.84. The molecule has 0 fully saturated rings. The van der Waals surface area contributed by atoms with Gasteiger partial charge in [0.25, 0.3) is 0 Å².